The number of carbonyl (C=O) groups is 3. The van der Waals surface area contributed by atoms with Crippen molar-refractivity contribution in [3.8, 4) is 0 Å². The molecule has 21 heavy (non-hydrogen) atoms. The quantitative estimate of drug-likeness (QED) is 0.715. The molecule has 1 fully saturated rings. The minimum atomic E-state index is -0.921. The van der Waals surface area contributed by atoms with Crippen molar-refractivity contribution in [3.63, 3.8) is 0 Å². The van der Waals surface area contributed by atoms with Crippen LogP contribution in [0.5, 0.6) is 0 Å². The molecule has 0 aliphatic carbocycles. The van der Waals surface area contributed by atoms with Crippen LogP contribution < -0.4 is 5.73 Å². The Morgan fingerprint density at radius 3 is 2.71 bits per heavy atom. The van der Waals surface area contributed by atoms with Crippen LogP contribution in [-0.2, 0) is 9.59 Å². The Bertz CT molecular complexity index is 392. The highest BCUT2D eigenvalue weighted by molar-refractivity contribution is 7.99. The summed E-state index contributed by atoms with van der Waals surface area (Å²) in [4.78, 5) is 37.6. The predicted octanol–water partition coefficient (Wildman–Crippen LogP) is 0.586. The van der Waals surface area contributed by atoms with Gasteiger partial charge in [0.05, 0.1) is 12.5 Å². The lowest BCUT2D eigenvalue weighted by Crippen LogP contribution is -2.54. The average molecular weight is 317 g/mol. The van der Waals surface area contributed by atoms with Gasteiger partial charge in [0.1, 0.15) is 6.54 Å². The van der Waals surface area contributed by atoms with E-state index in [1.807, 2.05) is 6.92 Å². The van der Waals surface area contributed by atoms with Crippen LogP contribution >= 0.6 is 11.8 Å². The third-order valence-corrected chi connectivity index (χ3v) is 4.37. The first kappa shape index (κ1) is 17.6. The van der Waals surface area contributed by atoms with Gasteiger partial charge in [0.15, 0.2) is 0 Å². The summed E-state index contributed by atoms with van der Waals surface area (Å²) in [6.45, 7) is 2.84. The molecule has 0 aromatic rings. The molecule has 120 valence electrons. The van der Waals surface area contributed by atoms with E-state index in [1.54, 1.807) is 16.7 Å². The Kier molecular flexibility index (Phi) is 7.35. The number of hydrogen-bond acceptors (Lipinski definition) is 4. The fourth-order valence-corrected chi connectivity index (χ4v) is 3.30. The fraction of sp³-hybridized carbons (Fsp3) is 0.769. The van der Waals surface area contributed by atoms with Gasteiger partial charge in [0.2, 0.25) is 5.91 Å². The van der Waals surface area contributed by atoms with Gasteiger partial charge < -0.3 is 20.6 Å². The van der Waals surface area contributed by atoms with E-state index in [1.165, 1.54) is 4.90 Å². The van der Waals surface area contributed by atoms with Gasteiger partial charge in [-0.3, -0.25) is 9.59 Å². The van der Waals surface area contributed by atoms with Crippen molar-refractivity contribution in [1.29, 1.82) is 0 Å². The summed E-state index contributed by atoms with van der Waals surface area (Å²) in [6, 6.07) is -0.612. The molecule has 1 rings (SSSR count). The molecule has 1 heterocycles. The third-order valence-electron chi connectivity index (χ3n) is 3.28. The molecular weight excluding hydrogens is 294 g/mol. The van der Waals surface area contributed by atoms with Crippen molar-refractivity contribution in [2.75, 3.05) is 31.1 Å². The normalized spacial score (nSPS) is 18.3. The third kappa shape index (κ3) is 5.82. The lowest BCUT2D eigenvalue weighted by atomic mass is 10.2. The molecular formula is C13H23N3O4S. The van der Waals surface area contributed by atoms with E-state index in [9.17, 15) is 14.4 Å². The highest BCUT2D eigenvalue weighted by Crippen LogP contribution is 2.20. The van der Waals surface area contributed by atoms with Gasteiger partial charge in [0.25, 0.3) is 0 Å². The number of amides is 3. The molecule has 1 atom stereocenters. The molecule has 0 bridgehead atoms. The standard InChI is InChI=1S/C13H23N3O4S/c1-2-3-4-15(8-11(14)17)13(20)16-5-6-21-9-10(16)7-12(18)19/h10H,2-9H2,1H3,(H2,14,17)(H,18,19). The molecule has 0 aromatic carbocycles. The van der Waals surface area contributed by atoms with Crippen LogP contribution in [0.2, 0.25) is 0 Å². The summed E-state index contributed by atoms with van der Waals surface area (Å²) in [7, 11) is 0. The van der Waals surface area contributed by atoms with Gasteiger partial charge in [-0.15, -0.1) is 0 Å². The summed E-state index contributed by atoms with van der Waals surface area (Å²) in [6.07, 6.45) is 1.61. The van der Waals surface area contributed by atoms with Gasteiger partial charge in [-0.05, 0) is 6.42 Å². The van der Waals surface area contributed by atoms with E-state index in [4.69, 9.17) is 10.8 Å². The van der Waals surface area contributed by atoms with E-state index < -0.39 is 11.9 Å². The molecule has 3 N–H and O–H groups in total. The van der Waals surface area contributed by atoms with Crippen LogP contribution in [0.15, 0.2) is 0 Å². The summed E-state index contributed by atoms with van der Waals surface area (Å²) >= 11 is 1.64. The minimum absolute atomic E-state index is 0.0725. The van der Waals surface area contributed by atoms with Gasteiger partial charge in [0, 0.05) is 24.6 Å². The van der Waals surface area contributed by atoms with Crippen LogP contribution in [0.3, 0.4) is 0 Å². The number of thioether (sulfide) groups is 1. The number of hydrogen-bond donors (Lipinski definition) is 2. The zero-order chi connectivity index (χ0) is 15.8. The SMILES string of the molecule is CCCCN(CC(N)=O)C(=O)N1CCSCC1CC(=O)O. The van der Waals surface area contributed by atoms with E-state index in [0.29, 0.717) is 18.8 Å². The number of primary amides is 1. The molecule has 1 unspecified atom stereocenters. The van der Waals surface area contributed by atoms with E-state index in [-0.39, 0.29) is 25.0 Å². The maximum absolute atomic E-state index is 12.6. The van der Waals surface area contributed by atoms with Crippen molar-refractivity contribution < 1.29 is 19.5 Å². The molecule has 1 aliphatic heterocycles. The maximum atomic E-state index is 12.6. The topological polar surface area (TPSA) is 104 Å². The van der Waals surface area contributed by atoms with Crippen LogP contribution in [0.1, 0.15) is 26.2 Å². The monoisotopic (exact) mass is 317 g/mol. The minimum Gasteiger partial charge on any atom is -0.481 e. The van der Waals surface area contributed by atoms with Crippen molar-refractivity contribution >= 4 is 29.7 Å². The number of carboxylic acid groups (broad SMARTS) is 1. The predicted molar refractivity (Wildman–Crippen MR) is 81.1 cm³/mol. The second-order valence-electron chi connectivity index (χ2n) is 5.04. The van der Waals surface area contributed by atoms with Crippen LogP contribution in [-0.4, -0.2) is 70.0 Å². The summed E-state index contributed by atoms with van der Waals surface area (Å²) in [5, 5.41) is 8.96. The second kappa shape index (κ2) is 8.76. The number of carboxylic acids is 1. The highest BCUT2D eigenvalue weighted by atomic mass is 32.2. The van der Waals surface area contributed by atoms with Crippen LogP contribution in [0.4, 0.5) is 4.79 Å². The Labute approximate surface area is 128 Å². The van der Waals surface area contributed by atoms with Crippen LogP contribution in [0.25, 0.3) is 0 Å². The Morgan fingerprint density at radius 2 is 2.14 bits per heavy atom. The highest BCUT2D eigenvalue weighted by Gasteiger charge is 2.31. The maximum Gasteiger partial charge on any atom is 0.320 e. The molecule has 1 aliphatic rings. The Morgan fingerprint density at radius 1 is 1.43 bits per heavy atom. The average Bonchev–Trinajstić information content (AvgIpc) is 2.42. The van der Waals surface area contributed by atoms with Gasteiger partial charge >= 0.3 is 12.0 Å². The molecule has 0 spiro atoms. The van der Waals surface area contributed by atoms with E-state index in [0.717, 1.165) is 18.6 Å². The zero-order valence-electron chi connectivity index (χ0n) is 12.3. The summed E-state index contributed by atoms with van der Waals surface area (Å²) in [5.74, 6) is -0.0908. The number of urea groups is 1. The molecule has 8 heteroatoms. The largest absolute Gasteiger partial charge is 0.481 e. The number of nitrogens with two attached hydrogens (primary N) is 1. The van der Waals surface area contributed by atoms with E-state index in [2.05, 4.69) is 0 Å². The Balaban J connectivity index is 2.77. The number of aliphatic carboxylic acids is 1. The first-order chi connectivity index (χ1) is 9.95. The molecule has 0 aromatic heterocycles. The van der Waals surface area contributed by atoms with Gasteiger partial charge in [-0.25, -0.2) is 4.79 Å². The second-order valence-corrected chi connectivity index (χ2v) is 6.19. The number of rotatable bonds is 7. The number of carbonyl (C=O) groups excluding carboxylic acids is 2. The molecule has 3 amide bonds. The van der Waals surface area contributed by atoms with Crippen LogP contribution in [0, 0.1) is 0 Å². The molecule has 1 saturated heterocycles. The first-order valence-electron chi connectivity index (χ1n) is 7.09. The van der Waals surface area contributed by atoms with Crippen molar-refractivity contribution in [1.82, 2.24) is 9.80 Å². The van der Waals surface area contributed by atoms with E-state index >= 15 is 0 Å². The summed E-state index contributed by atoms with van der Waals surface area (Å²) < 4.78 is 0. The molecule has 0 saturated carbocycles. The van der Waals surface area contributed by atoms with Gasteiger partial charge in [-0.2, -0.15) is 11.8 Å². The van der Waals surface area contributed by atoms with Crippen molar-refractivity contribution in [3.05, 3.63) is 0 Å². The fourth-order valence-electron chi connectivity index (χ4n) is 2.24. The van der Waals surface area contributed by atoms with Crippen molar-refractivity contribution in [2.45, 2.75) is 32.2 Å². The number of unbranched alkanes of at least 4 members (excludes halogenated alkanes) is 1. The number of nitrogens with zero attached hydrogens (tertiary/aromatic N) is 2. The summed E-state index contributed by atoms with van der Waals surface area (Å²) in [5.41, 5.74) is 5.20. The lowest BCUT2D eigenvalue weighted by Gasteiger charge is -2.38. The Hall–Kier alpha value is -1.44. The molecule has 0 radical (unpaired) electrons. The zero-order valence-corrected chi connectivity index (χ0v) is 13.1. The smallest absolute Gasteiger partial charge is 0.320 e. The van der Waals surface area contributed by atoms with Gasteiger partial charge in [-0.1, -0.05) is 13.3 Å². The van der Waals surface area contributed by atoms with Crippen molar-refractivity contribution in [2.24, 2.45) is 5.73 Å². The lowest BCUT2D eigenvalue weighted by molar-refractivity contribution is -0.138. The molecule has 7 nitrogen and oxygen atoms in total. The first-order valence-corrected chi connectivity index (χ1v) is 8.24.